The molecule has 1 fully saturated rings. The number of nitrogens with one attached hydrogen (secondary N) is 2. The standard InChI is InChI=1S/C20H25F2N3O/c1-3-13(2)19-10-14(17-11-15(21)4-5-18(17)22)12-25(19)20(26)24-16-6-8-23-9-7-16/h3-5,10-11,16,19,23H,6-9,12H2,1-2H3,(H,24,26)/b13-3+/t19-/m0/s1. The number of halogens is 2. The summed E-state index contributed by atoms with van der Waals surface area (Å²) in [7, 11) is 0. The Labute approximate surface area is 153 Å². The molecule has 140 valence electrons. The number of urea groups is 1. The van der Waals surface area contributed by atoms with E-state index in [4.69, 9.17) is 0 Å². The number of nitrogens with zero attached hydrogens (tertiary/aromatic N) is 1. The highest BCUT2D eigenvalue weighted by atomic mass is 19.1. The predicted octanol–water partition coefficient (Wildman–Crippen LogP) is 3.46. The molecule has 2 amide bonds. The van der Waals surface area contributed by atoms with Crippen LogP contribution in [-0.2, 0) is 0 Å². The third-order valence-electron chi connectivity index (χ3n) is 5.16. The number of hydrogen-bond acceptors (Lipinski definition) is 2. The van der Waals surface area contributed by atoms with Gasteiger partial charge in [-0.3, -0.25) is 0 Å². The third kappa shape index (κ3) is 3.96. The summed E-state index contributed by atoms with van der Waals surface area (Å²) >= 11 is 0. The average molecular weight is 361 g/mol. The number of carbonyl (C=O) groups is 1. The average Bonchev–Trinajstić information content (AvgIpc) is 3.09. The second kappa shape index (κ2) is 7.99. The van der Waals surface area contributed by atoms with Crippen LogP contribution in [-0.4, -0.2) is 42.6 Å². The second-order valence-electron chi connectivity index (χ2n) is 6.90. The Bertz CT molecular complexity index is 739. The SMILES string of the molecule is C/C=C(\C)[C@@H]1C=C(c2cc(F)ccc2F)CN1C(=O)NC1CCNCC1. The van der Waals surface area contributed by atoms with Gasteiger partial charge in [-0.1, -0.05) is 17.7 Å². The number of amides is 2. The zero-order chi connectivity index (χ0) is 18.7. The molecule has 0 spiro atoms. The van der Waals surface area contributed by atoms with E-state index in [1.807, 2.05) is 26.0 Å². The van der Waals surface area contributed by atoms with Crippen LogP contribution in [0.3, 0.4) is 0 Å². The highest BCUT2D eigenvalue weighted by molar-refractivity contribution is 5.82. The summed E-state index contributed by atoms with van der Waals surface area (Å²) in [6.45, 7) is 5.89. The van der Waals surface area contributed by atoms with Gasteiger partial charge in [-0.15, -0.1) is 0 Å². The van der Waals surface area contributed by atoms with Gasteiger partial charge in [0.15, 0.2) is 0 Å². The summed E-state index contributed by atoms with van der Waals surface area (Å²) in [6, 6.07) is 3.15. The number of allylic oxidation sites excluding steroid dienone is 1. The first-order chi connectivity index (χ1) is 12.5. The van der Waals surface area contributed by atoms with E-state index >= 15 is 0 Å². The van der Waals surface area contributed by atoms with Crippen molar-refractivity contribution >= 4 is 11.6 Å². The quantitative estimate of drug-likeness (QED) is 0.810. The molecular weight excluding hydrogens is 336 g/mol. The topological polar surface area (TPSA) is 44.4 Å². The number of benzene rings is 1. The van der Waals surface area contributed by atoms with Gasteiger partial charge in [-0.25, -0.2) is 13.6 Å². The monoisotopic (exact) mass is 361 g/mol. The molecule has 1 atom stereocenters. The minimum atomic E-state index is -0.487. The molecule has 0 radical (unpaired) electrons. The summed E-state index contributed by atoms with van der Waals surface area (Å²) in [5, 5.41) is 6.36. The van der Waals surface area contributed by atoms with Crippen molar-refractivity contribution in [2.45, 2.75) is 38.8 Å². The fraction of sp³-hybridized carbons (Fsp3) is 0.450. The Hall–Kier alpha value is -2.21. The first-order valence-electron chi connectivity index (χ1n) is 9.06. The van der Waals surface area contributed by atoms with E-state index in [0.29, 0.717) is 5.57 Å². The predicted molar refractivity (Wildman–Crippen MR) is 98.7 cm³/mol. The van der Waals surface area contributed by atoms with Gasteiger partial charge in [0.25, 0.3) is 0 Å². The maximum Gasteiger partial charge on any atom is 0.318 e. The van der Waals surface area contributed by atoms with Crippen LogP contribution in [0.2, 0.25) is 0 Å². The molecule has 0 aromatic heterocycles. The molecular formula is C20H25F2N3O. The summed E-state index contributed by atoms with van der Waals surface area (Å²) in [5.74, 6) is -0.964. The lowest BCUT2D eigenvalue weighted by Crippen LogP contribution is -2.50. The van der Waals surface area contributed by atoms with E-state index in [0.717, 1.165) is 43.6 Å². The fourth-order valence-corrected chi connectivity index (χ4v) is 3.50. The van der Waals surface area contributed by atoms with E-state index in [1.165, 1.54) is 6.07 Å². The van der Waals surface area contributed by atoms with Crippen molar-refractivity contribution in [3.05, 3.63) is 53.1 Å². The van der Waals surface area contributed by atoms with Crippen molar-refractivity contribution in [1.82, 2.24) is 15.5 Å². The van der Waals surface area contributed by atoms with Gasteiger partial charge >= 0.3 is 6.03 Å². The van der Waals surface area contributed by atoms with Gasteiger partial charge in [-0.05, 0) is 63.6 Å². The van der Waals surface area contributed by atoms with Crippen molar-refractivity contribution in [2.75, 3.05) is 19.6 Å². The molecule has 3 rings (SSSR count). The Morgan fingerprint density at radius 3 is 2.73 bits per heavy atom. The van der Waals surface area contributed by atoms with Crippen molar-refractivity contribution in [2.24, 2.45) is 0 Å². The molecule has 1 aromatic rings. The van der Waals surface area contributed by atoms with E-state index in [2.05, 4.69) is 10.6 Å². The van der Waals surface area contributed by atoms with Gasteiger partial charge in [0.05, 0.1) is 6.04 Å². The normalized spacial score (nSPS) is 21.7. The highest BCUT2D eigenvalue weighted by Gasteiger charge is 2.32. The van der Waals surface area contributed by atoms with Crippen LogP contribution in [0.15, 0.2) is 35.9 Å². The lowest BCUT2D eigenvalue weighted by atomic mass is 10.0. The van der Waals surface area contributed by atoms with Gasteiger partial charge < -0.3 is 15.5 Å². The van der Waals surface area contributed by atoms with Gasteiger partial charge in [-0.2, -0.15) is 0 Å². The van der Waals surface area contributed by atoms with Crippen LogP contribution in [0.4, 0.5) is 13.6 Å². The first kappa shape index (κ1) is 18.6. The minimum Gasteiger partial charge on any atom is -0.335 e. The van der Waals surface area contributed by atoms with E-state index in [9.17, 15) is 13.6 Å². The van der Waals surface area contributed by atoms with E-state index < -0.39 is 11.6 Å². The van der Waals surface area contributed by atoms with Crippen LogP contribution < -0.4 is 10.6 Å². The zero-order valence-electron chi connectivity index (χ0n) is 15.2. The molecule has 0 aliphatic carbocycles. The van der Waals surface area contributed by atoms with Crippen LogP contribution >= 0.6 is 0 Å². The van der Waals surface area contributed by atoms with E-state index in [1.54, 1.807) is 4.90 Å². The number of carbonyl (C=O) groups excluding carboxylic acids is 1. The molecule has 2 aliphatic heterocycles. The zero-order valence-corrected chi connectivity index (χ0v) is 15.2. The Balaban J connectivity index is 1.82. The fourth-order valence-electron chi connectivity index (χ4n) is 3.50. The molecule has 6 heteroatoms. The van der Waals surface area contributed by atoms with Crippen molar-refractivity contribution < 1.29 is 13.6 Å². The molecule has 0 unspecified atom stereocenters. The number of hydrogen-bond donors (Lipinski definition) is 2. The van der Waals surface area contributed by atoms with Crippen molar-refractivity contribution in [3.63, 3.8) is 0 Å². The summed E-state index contributed by atoms with van der Waals surface area (Å²) in [5.41, 5.74) is 1.85. The Kier molecular flexibility index (Phi) is 5.71. The van der Waals surface area contributed by atoms with Crippen LogP contribution in [0.25, 0.3) is 5.57 Å². The van der Waals surface area contributed by atoms with Crippen LogP contribution in [0.1, 0.15) is 32.3 Å². The van der Waals surface area contributed by atoms with Crippen LogP contribution in [0.5, 0.6) is 0 Å². The number of piperidine rings is 1. The lowest BCUT2D eigenvalue weighted by molar-refractivity contribution is 0.195. The summed E-state index contributed by atoms with van der Waals surface area (Å²) in [6.07, 6.45) is 5.59. The smallest absolute Gasteiger partial charge is 0.318 e. The molecule has 2 heterocycles. The number of rotatable bonds is 3. The largest absolute Gasteiger partial charge is 0.335 e. The summed E-state index contributed by atoms with van der Waals surface area (Å²) < 4.78 is 27.8. The van der Waals surface area contributed by atoms with Crippen LogP contribution in [0, 0.1) is 11.6 Å². The highest BCUT2D eigenvalue weighted by Crippen LogP contribution is 2.30. The molecule has 2 aliphatic rings. The Morgan fingerprint density at radius 1 is 1.31 bits per heavy atom. The van der Waals surface area contributed by atoms with Gasteiger partial charge in [0.1, 0.15) is 11.6 Å². The molecule has 1 aromatic carbocycles. The molecule has 26 heavy (non-hydrogen) atoms. The van der Waals surface area contributed by atoms with E-state index in [-0.39, 0.29) is 30.2 Å². The van der Waals surface area contributed by atoms with Crippen molar-refractivity contribution in [1.29, 1.82) is 0 Å². The van der Waals surface area contributed by atoms with Gasteiger partial charge in [0, 0.05) is 18.2 Å². The molecule has 2 N–H and O–H groups in total. The first-order valence-corrected chi connectivity index (χ1v) is 9.06. The second-order valence-corrected chi connectivity index (χ2v) is 6.90. The lowest BCUT2D eigenvalue weighted by Gasteiger charge is -2.30. The Morgan fingerprint density at radius 2 is 2.04 bits per heavy atom. The third-order valence-corrected chi connectivity index (χ3v) is 5.16. The summed E-state index contributed by atoms with van der Waals surface area (Å²) in [4.78, 5) is 14.5. The maximum atomic E-state index is 14.2. The molecule has 0 saturated carbocycles. The molecule has 1 saturated heterocycles. The molecule has 4 nitrogen and oxygen atoms in total. The van der Waals surface area contributed by atoms with Crippen molar-refractivity contribution in [3.8, 4) is 0 Å². The maximum absolute atomic E-state index is 14.2. The minimum absolute atomic E-state index is 0.144. The molecule has 0 bridgehead atoms. The van der Waals surface area contributed by atoms with Gasteiger partial charge in [0.2, 0.25) is 0 Å².